The van der Waals surface area contributed by atoms with Crippen LogP contribution in [0.1, 0.15) is 0 Å². The highest BCUT2D eigenvalue weighted by molar-refractivity contribution is 7.98. The normalized spacial score (nSPS) is 18.4. The predicted octanol–water partition coefficient (Wildman–Crippen LogP) is 2.63. The zero-order valence-corrected chi connectivity index (χ0v) is 11.9. The van der Waals surface area contributed by atoms with Gasteiger partial charge in [0.1, 0.15) is 6.10 Å². The molecule has 1 aliphatic rings. The number of hydrogen-bond acceptors (Lipinski definition) is 4. The molecule has 5 nitrogen and oxygen atoms in total. The van der Waals surface area contributed by atoms with E-state index in [1.165, 1.54) is 4.90 Å². The maximum absolute atomic E-state index is 11.9. The minimum atomic E-state index is -0.293. The molecule has 0 aliphatic carbocycles. The van der Waals surface area contributed by atoms with Crippen molar-refractivity contribution in [1.29, 1.82) is 0 Å². The Bertz CT molecular complexity index is 583. The summed E-state index contributed by atoms with van der Waals surface area (Å²) in [6.45, 7) is 1.13. The van der Waals surface area contributed by atoms with Gasteiger partial charge in [0.15, 0.2) is 0 Å². The Morgan fingerprint density at radius 1 is 1.40 bits per heavy atom. The lowest BCUT2D eigenvalue weighted by Crippen LogP contribution is -2.25. The molecule has 20 heavy (non-hydrogen) atoms. The SMILES string of the molecule is CSc1ccc(N2C[C@H](Cn3cccn3)OC2=O)cc1. The molecule has 1 aliphatic heterocycles. The summed E-state index contributed by atoms with van der Waals surface area (Å²) in [4.78, 5) is 14.8. The highest BCUT2D eigenvalue weighted by Gasteiger charge is 2.32. The fourth-order valence-corrected chi connectivity index (χ4v) is 2.61. The van der Waals surface area contributed by atoms with Gasteiger partial charge in [0.25, 0.3) is 0 Å². The molecule has 1 saturated heterocycles. The molecule has 2 aromatic rings. The second-order valence-corrected chi connectivity index (χ2v) is 5.42. The highest BCUT2D eigenvalue weighted by Crippen LogP contribution is 2.25. The molecule has 1 aromatic carbocycles. The Morgan fingerprint density at radius 2 is 2.20 bits per heavy atom. The van der Waals surface area contributed by atoms with Gasteiger partial charge in [0, 0.05) is 23.0 Å². The zero-order chi connectivity index (χ0) is 13.9. The molecule has 0 N–H and O–H groups in total. The number of cyclic esters (lactones) is 1. The van der Waals surface area contributed by atoms with Gasteiger partial charge in [0.05, 0.1) is 13.1 Å². The Hall–Kier alpha value is -1.95. The van der Waals surface area contributed by atoms with Gasteiger partial charge in [-0.2, -0.15) is 5.10 Å². The molecule has 0 radical (unpaired) electrons. The Morgan fingerprint density at radius 3 is 2.85 bits per heavy atom. The summed E-state index contributed by atoms with van der Waals surface area (Å²) in [7, 11) is 0. The van der Waals surface area contributed by atoms with Crippen LogP contribution in [-0.2, 0) is 11.3 Å². The van der Waals surface area contributed by atoms with E-state index in [-0.39, 0.29) is 12.2 Å². The van der Waals surface area contributed by atoms with Crippen LogP contribution in [0, 0.1) is 0 Å². The molecule has 6 heteroatoms. The van der Waals surface area contributed by atoms with Gasteiger partial charge in [0.2, 0.25) is 0 Å². The number of carbonyl (C=O) groups excluding carboxylic acids is 1. The molecule has 1 atom stereocenters. The largest absolute Gasteiger partial charge is 0.442 e. The molecule has 0 unspecified atom stereocenters. The third-order valence-corrected chi connectivity index (χ3v) is 3.95. The Labute approximate surface area is 121 Å². The van der Waals surface area contributed by atoms with Crippen molar-refractivity contribution in [3.05, 3.63) is 42.7 Å². The highest BCUT2D eigenvalue weighted by atomic mass is 32.2. The number of nitrogens with zero attached hydrogens (tertiary/aromatic N) is 3. The molecular weight excluding hydrogens is 274 g/mol. The lowest BCUT2D eigenvalue weighted by Gasteiger charge is -2.13. The molecule has 3 rings (SSSR count). The molecule has 0 bridgehead atoms. The van der Waals surface area contributed by atoms with Gasteiger partial charge < -0.3 is 4.74 Å². The van der Waals surface area contributed by atoms with Crippen molar-refractivity contribution in [2.24, 2.45) is 0 Å². The Kier molecular flexibility index (Phi) is 3.64. The molecule has 0 spiro atoms. The molecule has 1 fully saturated rings. The number of thioether (sulfide) groups is 1. The van der Waals surface area contributed by atoms with Gasteiger partial charge in [-0.15, -0.1) is 11.8 Å². The van der Waals surface area contributed by atoms with Crippen LogP contribution in [0.15, 0.2) is 47.6 Å². The van der Waals surface area contributed by atoms with E-state index in [1.807, 2.05) is 42.8 Å². The number of carbonyl (C=O) groups is 1. The molecule has 1 amide bonds. The number of hydrogen-bond donors (Lipinski definition) is 0. The molecular formula is C14H15N3O2S. The van der Waals surface area contributed by atoms with Crippen LogP contribution >= 0.6 is 11.8 Å². The van der Waals surface area contributed by atoms with E-state index in [9.17, 15) is 4.79 Å². The van der Waals surface area contributed by atoms with Gasteiger partial charge in [-0.3, -0.25) is 9.58 Å². The zero-order valence-electron chi connectivity index (χ0n) is 11.1. The van der Waals surface area contributed by atoms with Crippen molar-refractivity contribution in [3.8, 4) is 0 Å². The van der Waals surface area contributed by atoms with E-state index < -0.39 is 0 Å². The predicted molar refractivity (Wildman–Crippen MR) is 78.1 cm³/mol. The molecule has 1 aromatic heterocycles. The van der Waals surface area contributed by atoms with Crippen LogP contribution in [-0.4, -0.2) is 34.8 Å². The standard InChI is InChI=1S/C14H15N3O2S/c1-20-13-5-3-11(4-6-13)17-10-12(19-14(17)18)9-16-8-2-7-15-16/h2-8,12H,9-10H2,1H3/t12-/m0/s1. The third-order valence-electron chi connectivity index (χ3n) is 3.21. The van der Waals surface area contributed by atoms with Crippen LogP contribution in [0.2, 0.25) is 0 Å². The van der Waals surface area contributed by atoms with E-state index in [0.717, 1.165) is 5.69 Å². The van der Waals surface area contributed by atoms with Crippen molar-refractivity contribution in [3.63, 3.8) is 0 Å². The quantitative estimate of drug-likeness (QED) is 0.812. The monoisotopic (exact) mass is 289 g/mol. The van der Waals surface area contributed by atoms with Crippen LogP contribution in [0.25, 0.3) is 0 Å². The van der Waals surface area contributed by atoms with Crippen molar-refractivity contribution < 1.29 is 9.53 Å². The fourth-order valence-electron chi connectivity index (χ4n) is 2.21. The average molecular weight is 289 g/mol. The van der Waals surface area contributed by atoms with Gasteiger partial charge in [-0.05, 0) is 36.6 Å². The van der Waals surface area contributed by atoms with Crippen LogP contribution in [0.4, 0.5) is 10.5 Å². The topological polar surface area (TPSA) is 47.4 Å². The fraction of sp³-hybridized carbons (Fsp3) is 0.286. The number of aromatic nitrogens is 2. The van der Waals surface area contributed by atoms with E-state index in [2.05, 4.69) is 5.10 Å². The Balaban J connectivity index is 1.69. The van der Waals surface area contributed by atoms with Gasteiger partial charge in [-0.25, -0.2) is 4.79 Å². The van der Waals surface area contributed by atoms with Crippen molar-refractivity contribution >= 4 is 23.5 Å². The lowest BCUT2D eigenvalue weighted by atomic mass is 10.2. The van der Waals surface area contributed by atoms with E-state index in [1.54, 1.807) is 27.5 Å². The van der Waals surface area contributed by atoms with Crippen LogP contribution < -0.4 is 4.90 Å². The van der Waals surface area contributed by atoms with E-state index >= 15 is 0 Å². The third kappa shape index (κ3) is 2.65. The first kappa shape index (κ1) is 13.1. The van der Waals surface area contributed by atoms with Crippen LogP contribution in [0.5, 0.6) is 0 Å². The first-order valence-corrected chi connectivity index (χ1v) is 7.58. The maximum Gasteiger partial charge on any atom is 0.414 e. The molecule has 2 heterocycles. The summed E-state index contributed by atoms with van der Waals surface area (Å²) in [6.07, 6.45) is 5.15. The second kappa shape index (κ2) is 5.58. The minimum absolute atomic E-state index is 0.164. The van der Waals surface area contributed by atoms with Crippen molar-refractivity contribution in [1.82, 2.24) is 9.78 Å². The van der Waals surface area contributed by atoms with E-state index in [0.29, 0.717) is 13.1 Å². The molecule has 104 valence electrons. The van der Waals surface area contributed by atoms with Gasteiger partial charge in [-0.1, -0.05) is 0 Å². The maximum atomic E-state index is 11.9. The van der Waals surface area contributed by atoms with E-state index in [4.69, 9.17) is 4.74 Å². The number of anilines is 1. The number of amides is 1. The van der Waals surface area contributed by atoms with Crippen LogP contribution in [0.3, 0.4) is 0 Å². The smallest absolute Gasteiger partial charge is 0.414 e. The number of ether oxygens (including phenoxy) is 1. The summed E-state index contributed by atoms with van der Waals surface area (Å²) in [5.41, 5.74) is 0.871. The summed E-state index contributed by atoms with van der Waals surface area (Å²) in [6, 6.07) is 9.77. The van der Waals surface area contributed by atoms with Gasteiger partial charge >= 0.3 is 6.09 Å². The van der Waals surface area contributed by atoms with Crippen molar-refractivity contribution in [2.75, 3.05) is 17.7 Å². The number of benzene rings is 1. The summed E-state index contributed by atoms with van der Waals surface area (Å²) in [5.74, 6) is 0. The number of rotatable bonds is 4. The first-order valence-electron chi connectivity index (χ1n) is 6.36. The second-order valence-electron chi connectivity index (χ2n) is 4.54. The lowest BCUT2D eigenvalue weighted by molar-refractivity contribution is 0.129. The summed E-state index contributed by atoms with van der Waals surface area (Å²) >= 11 is 1.68. The average Bonchev–Trinajstić information content (AvgIpc) is 3.09. The first-order chi connectivity index (χ1) is 9.76. The van der Waals surface area contributed by atoms with Crippen molar-refractivity contribution in [2.45, 2.75) is 17.5 Å². The molecule has 0 saturated carbocycles. The summed E-state index contributed by atoms with van der Waals surface area (Å²) in [5, 5.41) is 4.13. The summed E-state index contributed by atoms with van der Waals surface area (Å²) < 4.78 is 7.16. The minimum Gasteiger partial charge on any atom is -0.442 e.